The van der Waals surface area contributed by atoms with Gasteiger partial charge in [-0.2, -0.15) is 4.79 Å². The Labute approximate surface area is 55.3 Å². The molecule has 0 N–H and O–H groups in total. The van der Waals surface area contributed by atoms with Crippen molar-refractivity contribution < 1.29 is 9.53 Å². The van der Waals surface area contributed by atoms with Gasteiger partial charge >= 0.3 is 0 Å². The third kappa shape index (κ3) is 7.34. The van der Waals surface area contributed by atoms with Gasteiger partial charge in [-0.05, 0) is 6.42 Å². The molecule has 0 rings (SSSR count). The molecule has 0 spiro atoms. The minimum absolute atomic E-state index is 0.413. The zero-order valence-corrected chi connectivity index (χ0v) is 5.71. The van der Waals surface area contributed by atoms with E-state index in [9.17, 15) is 0 Å². The van der Waals surface area contributed by atoms with Crippen molar-refractivity contribution in [2.24, 2.45) is 0 Å². The molecule has 0 unspecified atom stereocenters. The van der Waals surface area contributed by atoms with Crippen LogP contribution in [-0.2, 0) is 4.74 Å². The molecule has 0 aliphatic heterocycles. The molecule has 0 aliphatic carbocycles. The van der Waals surface area contributed by atoms with Crippen LogP contribution in [0, 0.1) is 0 Å². The summed E-state index contributed by atoms with van der Waals surface area (Å²) in [6, 6.07) is 0. The Hall–Kier alpha value is -0.660. The van der Waals surface area contributed by atoms with E-state index in [0.29, 0.717) is 6.61 Å². The third-order valence-electron chi connectivity index (χ3n) is 0.916. The maximum absolute atomic E-state index is 7.91. The fourth-order valence-electron chi connectivity index (χ4n) is 0.416. The van der Waals surface area contributed by atoms with E-state index in [1.54, 1.807) is 0 Å². The first kappa shape index (κ1) is 8.34. The first-order chi connectivity index (χ1) is 4.41. The predicted molar refractivity (Wildman–Crippen MR) is 35.4 cm³/mol. The van der Waals surface area contributed by atoms with Crippen LogP contribution in [0.25, 0.3) is 5.53 Å². The van der Waals surface area contributed by atoms with Crippen LogP contribution in [-0.4, -0.2) is 24.2 Å². The van der Waals surface area contributed by atoms with Gasteiger partial charge in [-0.25, -0.2) is 0 Å². The highest BCUT2D eigenvalue weighted by Gasteiger charge is 1.84. The monoisotopic (exact) mass is 128 g/mol. The van der Waals surface area contributed by atoms with E-state index >= 15 is 0 Å². The Morgan fingerprint density at radius 1 is 1.67 bits per heavy atom. The van der Waals surface area contributed by atoms with Gasteiger partial charge in [0, 0.05) is 6.61 Å². The zero-order chi connectivity index (χ0) is 6.95. The zero-order valence-electron chi connectivity index (χ0n) is 5.71. The summed E-state index contributed by atoms with van der Waals surface area (Å²) in [6.07, 6.45) is 3.53. The van der Waals surface area contributed by atoms with E-state index in [1.165, 1.54) is 6.21 Å². The molecule has 52 valence electrons. The molecule has 0 aromatic carbocycles. The second-order valence-electron chi connectivity index (χ2n) is 1.73. The van der Waals surface area contributed by atoms with Crippen LogP contribution in [0.15, 0.2) is 0 Å². The van der Waals surface area contributed by atoms with Gasteiger partial charge in [0.15, 0.2) is 0 Å². The molecule has 3 heteroatoms. The van der Waals surface area contributed by atoms with Crippen molar-refractivity contribution in [3.05, 3.63) is 5.53 Å². The summed E-state index contributed by atoms with van der Waals surface area (Å²) in [5.41, 5.74) is 7.91. The van der Waals surface area contributed by atoms with Gasteiger partial charge in [0.25, 0.3) is 6.21 Å². The summed E-state index contributed by atoms with van der Waals surface area (Å²) in [5.74, 6) is 0. The Kier molecular flexibility index (Phi) is 6.80. The highest BCUT2D eigenvalue weighted by molar-refractivity contribution is 5.51. The largest absolute Gasteiger partial charge is 0.370 e. The average Bonchev–Trinajstić information content (AvgIpc) is 1.89. The lowest BCUT2D eigenvalue weighted by Crippen LogP contribution is -1.97. The quantitative estimate of drug-likeness (QED) is 0.237. The Balaban J connectivity index is 2.82. The maximum atomic E-state index is 7.91. The second kappa shape index (κ2) is 7.34. The molecule has 0 aromatic rings. The molecule has 0 saturated heterocycles. The van der Waals surface area contributed by atoms with Gasteiger partial charge in [0.2, 0.25) is 0 Å². The van der Waals surface area contributed by atoms with Crippen LogP contribution in [0.5, 0.6) is 0 Å². The molecule has 0 aromatic heterocycles. The van der Waals surface area contributed by atoms with Crippen LogP contribution in [0.3, 0.4) is 0 Å². The SMILES string of the molecule is CCCCOCC=[N+]=[N-]. The Morgan fingerprint density at radius 2 is 2.44 bits per heavy atom. The molecule has 0 saturated carbocycles. The lowest BCUT2D eigenvalue weighted by molar-refractivity contribution is -0.00712. The van der Waals surface area contributed by atoms with Crippen LogP contribution in [0.1, 0.15) is 19.8 Å². The van der Waals surface area contributed by atoms with Crippen molar-refractivity contribution in [2.45, 2.75) is 19.8 Å². The van der Waals surface area contributed by atoms with Crippen molar-refractivity contribution in [3.63, 3.8) is 0 Å². The van der Waals surface area contributed by atoms with Crippen molar-refractivity contribution in [2.75, 3.05) is 13.2 Å². The van der Waals surface area contributed by atoms with Gasteiger partial charge in [0.1, 0.15) is 6.61 Å². The van der Waals surface area contributed by atoms with E-state index in [1.807, 2.05) is 0 Å². The number of ether oxygens (including phenoxy) is 1. The number of nitrogens with zero attached hydrogens (tertiary/aromatic N) is 2. The summed E-state index contributed by atoms with van der Waals surface area (Å²) in [5, 5.41) is 0. The molecular weight excluding hydrogens is 116 g/mol. The first-order valence-corrected chi connectivity index (χ1v) is 3.15. The molecule has 9 heavy (non-hydrogen) atoms. The summed E-state index contributed by atoms with van der Waals surface area (Å²) in [4.78, 5) is 2.78. The van der Waals surface area contributed by atoms with Crippen LogP contribution in [0.4, 0.5) is 0 Å². The van der Waals surface area contributed by atoms with Gasteiger partial charge in [0.05, 0.1) is 0 Å². The maximum Gasteiger partial charge on any atom is 0.282 e. The molecule has 3 nitrogen and oxygen atoms in total. The first-order valence-electron chi connectivity index (χ1n) is 3.15. The molecule has 0 radical (unpaired) electrons. The van der Waals surface area contributed by atoms with Gasteiger partial charge in [-0.1, -0.05) is 13.3 Å². The van der Waals surface area contributed by atoms with Crippen molar-refractivity contribution in [1.29, 1.82) is 0 Å². The average molecular weight is 128 g/mol. The van der Waals surface area contributed by atoms with E-state index in [-0.39, 0.29) is 0 Å². The smallest absolute Gasteiger partial charge is 0.282 e. The van der Waals surface area contributed by atoms with Crippen molar-refractivity contribution >= 4 is 6.21 Å². The van der Waals surface area contributed by atoms with Crippen molar-refractivity contribution in [1.82, 2.24) is 0 Å². The van der Waals surface area contributed by atoms with Gasteiger partial charge < -0.3 is 10.3 Å². The number of hydrogen-bond donors (Lipinski definition) is 0. The molecule has 0 amide bonds. The molecule has 0 aliphatic rings. The number of unbranched alkanes of at least 4 members (excludes halogenated alkanes) is 1. The standard InChI is InChI=1S/C6H12N2O/c1-2-3-5-9-6-4-8-7/h4H,2-3,5-6H2,1H3. The summed E-state index contributed by atoms with van der Waals surface area (Å²) >= 11 is 0. The lowest BCUT2D eigenvalue weighted by Gasteiger charge is -1.93. The third-order valence-corrected chi connectivity index (χ3v) is 0.916. The summed E-state index contributed by atoms with van der Waals surface area (Å²) in [7, 11) is 0. The lowest BCUT2D eigenvalue weighted by atomic mass is 10.4. The normalized spacial score (nSPS) is 8.56. The summed E-state index contributed by atoms with van der Waals surface area (Å²) < 4.78 is 5.01. The number of hydrogen-bond acceptors (Lipinski definition) is 1. The fourth-order valence-corrected chi connectivity index (χ4v) is 0.416. The van der Waals surface area contributed by atoms with E-state index in [4.69, 9.17) is 10.3 Å². The summed E-state index contributed by atoms with van der Waals surface area (Å²) in [6.45, 7) is 3.27. The Morgan fingerprint density at radius 3 is 3.00 bits per heavy atom. The second-order valence-corrected chi connectivity index (χ2v) is 1.73. The highest BCUT2D eigenvalue weighted by atomic mass is 16.5. The van der Waals surface area contributed by atoms with Crippen LogP contribution >= 0.6 is 0 Å². The minimum atomic E-state index is 0.413. The van der Waals surface area contributed by atoms with Crippen molar-refractivity contribution in [3.8, 4) is 0 Å². The predicted octanol–water partition coefficient (Wildman–Crippen LogP) is 1.10. The van der Waals surface area contributed by atoms with Crippen LogP contribution in [0.2, 0.25) is 0 Å². The van der Waals surface area contributed by atoms with Crippen LogP contribution < -0.4 is 0 Å². The molecule has 0 bridgehead atoms. The van der Waals surface area contributed by atoms with E-state index < -0.39 is 0 Å². The van der Waals surface area contributed by atoms with Gasteiger partial charge in [-0.15, -0.1) is 0 Å². The molecular formula is C6H12N2O. The minimum Gasteiger partial charge on any atom is -0.370 e. The van der Waals surface area contributed by atoms with E-state index in [2.05, 4.69) is 11.7 Å². The molecule has 0 fully saturated rings. The highest BCUT2D eigenvalue weighted by Crippen LogP contribution is 1.85. The Bertz CT molecular complexity index is 97.2. The number of rotatable bonds is 5. The van der Waals surface area contributed by atoms with E-state index in [0.717, 1.165) is 19.4 Å². The molecule has 0 heterocycles. The fraction of sp³-hybridized carbons (Fsp3) is 0.833. The molecule has 0 atom stereocenters. The topological polar surface area (TPSA) is 45.6 Å². The van der Waals surface area contributed by atoms with Gasteiger partial charge in [-0.3, -0.25) is 0 Å².